The van der Waals surface area contributed by atoms with Crippen molar-refractivity contribution in [3.8, 4) is 11.1 Å². The van der Waals surface area contributed by atoms with Crippen LogP contribution in [0.15, 0.2) is 91.1 Å². The fourth-order valence-electron chi connectivity index (χ4n) is 5.12. The molecule has 3 heteroatoms. The Labute approximate surface area is 190 Å². The van der Waals surface area contributed by atoms with Crippen LogP contribution >= 0.6 is 0 Å². The lowest BCUT2D eigenvalue weighted by atomic mass is 9.86. The van der Waals surface area contributed by atoms with Gasteiger partial charge in [-0.3, -0.25) is 0 Å². The van der Waals surface area contributed by atoms with Gasteiger partial charge >= 0.3 is 0 Å². The molecule has 0 amide bonds. The smallest absolute Gasteiger partial charge is 0.158 e. The molecule has 3 nitrogen and oxygen atoms in total. The van der Waals surface area contributed by atoms with E-state index in [9.17, 15) is 0 Å². The highest BCUT2D eigenvalue weighted by Gasteiger charge is 2.44. The van der Waals surface area contributed by atoms with Crippen molar-refractivity contribution in [3.63, 3.8) is 0 Å². The third-order valence-corrected chi connectivity index (χ3v) is 6.71. The number of anilines is 4. The van der Waals surface area contributed by atoms with Crippen LogP contribution in [0.4, 0.5) is 22.9 Å². The van der Waals surface area contributed by atoms with E-state index < -0.39 is 0 Å². The van der Waals surface area contributed by atoms with Crippen LogP contribution < -0.4 is 9.80 Å². The maximum atomic E-state index is 4.85. The molecule has 0 radical (unpaired) electrons. The van der Waals surface area contributed by atoms with Gasteiger partial charge in [0.1, 0.15) is 6.17 Å². The molecule has 3 aromatic carbocycles. The van der Waals surface area contributed by atoms with Crippen LogP contribution in [-0.2, 0) is 11.8 Å². The number of benzene rings is 3. The molecule has 1 aromatic heterocycles. The predicted octanol–water partition coefficient (Wildman–Crippen LogP) is 7.22. The quantitative estimate of drug-likeness (QED) is 0.343. The van der Waals surface area contributed by atoms with Crippen LogP contribution in [-0.4, -0.2) is 11.1 Å². The lowest BCUT2D eigenvalue weighted by Gasteiger charge is -2.29. The Hall–Kier alpha value is -3.59. The van der Waals surface area contributed by atoms with E-state index in [4.69, 9.17) is 4.98 Å². The molecule has 1 unspecified atom stereocenters. The van der Waals surface area contributed by atoms with Gasteiger partial charge in [-0.05, 0) is 46.4 Å². The predicted molar refractivity (Wildman–Crippen MR) is 133 cm³/mol. The highest BCUT2D eigenvalue weighted by molar-refractivity contribution is 5.93. The Balaban J connectivity index is 1.52. The topological polar surface area (TPSA) is 19.4 Å². The molecule has 0 saturated heterocycles. The molecule has 0 N–H and O–H groups in total. The second-order valence-corrected chi connectivity index (χ2v) is 9.75. The van der Waals surface area contributed by atoms with Gasteiger partial charge in [0.25, 0.3) is 0 Å². The van der Waals surface area contributed by atoms with Gasteiger partial charge in [0.05, 0.1) is 11.4 Å². The number of rotatable bonds is 2. The summed E-state index contributed by atoms with van der Waals surface area (Å²) in [6.07, 6.45) is 3.07. The Bertz CT molecular complexity index is 1300. The fourth-order valence-corrected chi connectivity index (χ4v) is 5.12. The number of hydrogen-bond acceptors (Lipinski definition) is 3. The van der Waals surface area contributed by atoms with Gasteiger partial charge in [-0.2, -0.15) is 0 Å². The summed E-state index contributed by atoms with van der Waals surface area (Å²) in [5, 5.41) is 0. The van der Waals surface area contributed by atoms with Crippen LogP contribution in [0.2, 0.25) is 0 Å². The van der Waals surface area contributed by atoms with E-state index in [0.29, 0.717) is 0 Å². The normalized spacial score (nSPS) is 16.7. The average Bonchev–Trinajstić information content (AvgIpc) is 3.33. The summed E-state index contributed by atoms with van der Waals surface area (Å²) in [6, 6.07) is 30.6. The van der Waals surface area contributed by atoms with Gasteiger partial charge in [0, 0.05) is 23.9 Å². The summed E-state index contributed by atoms with van der Waals surface area (Å²) in [4.78, 5) is 9.77. The van der Waals surface area contributed by atoms with Crippen molar-refractivity contribution in [2.24, 2.45) is 0 Å². The lowest BCUT2D eigenvalue weighted by Crippen LogP contribution is -2.36. The van der Waals surface area contributed by atoms with Gasteiger partial charge in [0.2, 0.25) is 0 Å². The second kappa shape index (κ2) is 6.96. The van der Waals surface area contributed by atoms with Crippen molar-refractivity contribution in [3.05, 3.63) is 102 Å². The first-order chi connectivity index (χ1) is 15.5. The molecule has 0 fully saturated rings. The van der Waals surface area contributed by atoms with Crippen molar-refractivity contribution in [1.29, 1.82) is 0 Å². The first kappa shape index (κ1) is 19.1. The molecule has 2 aliphatic rings. The molecule has 0 aliphatic carbocycles. The lowest BCUT2D eigenvalue weighted by molar-refractivity contribution is 0.589. The van der Waals surface area contributed by atoms with Crippen LogP contribution in [0, 0.1) is 0 Å². The minimum Gasteiger partial charge on any atom is -0.316 e. The van der Waals surface area contributed by atoms with Crippen LogP contribution in [0.1, 0.15) is 31.9 Å². The van der Waals surface area contributed by atoms with Gasteiger partial charge in [-0.1, -0.05) is 81.4 Å². The van der Waals surface area contributed by atoms with Gasteiger partial charge in [-0.15, -0.1) is 0 Å². The molecule has 32 heavy (non-hydrogen) atoms. The van der Waals surface area contributed by atoms with Crippen molar-refractivity contribution >= 4 is 22.9 Å². The number of fused-ring (bicyclic) bond motifs is 5. The largest absolute Gasteiger partial charge is 0.316 e. The second-order valence-electron chi connectivity index (χ2n) is 9.75. The molecule has 0 spiro atoms. The minimum absolute atomic E-state index is 0.140. The summed E-state index contributed by atoms with van der Waals surface area (Å²) >= 11 is 0. The number of para-hydroxylation sites is 1. The van der Waals surface area contributed by atoms with E-state index >= 15 is 0 Å². The monoisotopic (exact) mass is 417 g/mol. The van der Waals surface area contributed by atoms with E-state index in [-0.39, 0.29) is 11.6 Å². The van der Waals surface area contributed by atoms with Crippen molar-refractivity contribution in [1.82, 2.24) is 4.98 Å². The molecule has 158 valence electrons. The Morgan fingerprint density at radius 3 is 2.31 bits per heavy atom. The minimum atomic E-state index is 0.140. The van der Waals surface area contributed by atoms with E-state index in [0.717, 1.165) is 12.2 Å². The summed E-state index contributed by atoms with van der Waals surface area (Å²) in [5.74, 6) is 1.03. The van der Waals surface area contributed by atoms with E-state index in [1.165, 1.54) is 39.3 Å². The molecular formula is C29H27N3. The fraction of sp³-hybridized carbons (Fsp3) is 0.207. The summed E-state index contributed by atoms with van der Waals surface area (Å²) in [7, 11) is 0. The Morgan fingerprint density at radius 2 is 1.50 bits per heavy atom. The zero-order valence-corrected chi connectivity index (χ0v) is 18.8. The van der Waals surface area contributed by atoms with Gasteiger partial charge < -0.3 is 9.80 Å². The third kappa shape index (κ3) is 2.85. The Morgan fingerprint density at radius 1 is 0.750 bits per heavy atom. The molecule has 2 aliphatic heterocycles. The maximum absolute atomic E-state index is 4.85. The van der Waals surface area contributed by atoms with E-state index in [1.54, 1.807) is 0 Å². The van der Waals surface area contributed by atoms with Crippen LogP contribution in [0.3, 0.4) is 0 Å². The SMILES string of the molecule is CC(C)(C)c1ccc2c(c1)CC1N2c2cccnc2N1c1ccccc1-c1ccccc1. The van der Waals surface area contributed by atoms with Crippen LogP contribution in [0.5, 0.6) is 0 Å². The van der Waals surface area contributed by atoms with Gasteiger partial charge in [-0.25, -0.2) is 4.98 Å². The van der Waals surface area contributed by atoms with E-state index in [1.807, 2.05) is 12.3 Å². The molecule has 0 bridgehead atoms. The summed E-state index contributed by atoms with van der Waals surface area (Å²) < 4.78 is 0. The number of aromatic nitrogens is 1. The number of nitrogens with zero attached hydrogens (tertiary/aromatic N) is 3. The standard InChI is InChI=1S/C29H27N3/c1-29(2,3)22-15-16-24-21(18-22)19-27-31(24)26-14-9-17-30-28(26)32(27)25-13-8-7-12-23(25)20-10-5-4-6-11-20/h4-18,27H,19H2,1-3H3. The maximum Gasteiger partial charge on any atom is 0.158 e. The average molecular weight is 418 g/mol. The van der Waals surface area contributed by atoms with Crippen molar-refractivity contribution in [2.45, 2.75) is 38.8 Å². The Kier molecular flexibility index (Phi) is 4.16. The number of pyridine rings is 1. The summed E-state index contributed by atoms with van der Waals surface area (Å²) in [6.45, 7) is 6.85. The third-order valence-electron chi connectivity index (χ3n) is 6.71. The zero-order chi connectivity index (χ0) is 21.9. The van der Waals surface area contributed by atoms with Crippen molar-refractivity contribution in [2.75, 3.05) is 9.80 Å². The summed E-state index contributed by atoms with van der Waals surface area (Å²) in [5.41, 5.74) is 9.09. The molecule has 0 saturated carbocycles. The highest BCUT2D eigenvalue weighted by atomic mass is 15.5. The molecule has 3 heterocycles. The first-order valence-corrected chi connectivity index (χ1v) is 11.3. The molecular weight excluding hydrogens is 390 g/mol. The van der Waals surface area contributed by atoms with Crippen molar-refractivity contribution < 1.29 is 0 Å². The zero-order valence-electron chi connectivity index (χ0n) is 18.8. The van der Waals surface area contributed by atoms with E-state index in [2.05, 4.69) is 109 Å². The molecule has 4 aromatic rings. The highest BCUT2D eigenvalue weighted by Crippen LogP contribution is 2.53. The number of hydrogen-bond donors (Lipinski definition) is 0. The first-order valence-electron chi connectivity index (χ1n) is 11.3. The van der Waals surface area contributed by atoms with Crippen LogP contribution in [0.25, 0.3) is 11.1 Å². The molecule has 6 rings (SSSR count). The molecule has 1 atom stereocenters. The van der Waals surface area contributed by atoms with Gasteiger partial charge in [0.15, 0.2) is 5.82 Å².